The number of sulfonamides is 1. The first-order valence-corrected chi connectivity index (χ1v) is 10.5. The van der Waals surface area contributed by atoms with Crippen molar-refractivity contribution in [2.45, 2.75) is 20.4 Å². The minimum atomic E-state index is -3.48. The van der Waals surface area contributed by atoms with Crippen LogP contribution in [0, 0.1) is 11.7 Å². The van der Waals surface area contributed by atoms with Gasteiger partial charge in [-0.05, 0) is 30.2 Å². The highest BCUT2D eigenvalue weighted by Crippen LogP contribution is 2.26. The fourth-order valence-corrected chi connectivity index (χ4v) is 3.38. The average molecular weight is 404 g/mol. The SMILES string of the molecule is CC(C)Cn1cc(-n2cc(-c3ccc(NS(C)(=O)=O)cc3F)cn2)ccc1=O. The standard InChI is InChI=1S/C19H21FN4O3S/c1-13(2)10-23-12-16(5-7-19(23)25)24-11-14(9-21-24)17-6-4-15(8-18(17)20)22-28(3,26)27/h4-9,11-13,22H,10H2,1-3H3. The smallest absolute Gasteiger partial charge is 0.250 e. The second-order valence-electron chi connectivity index (χ2n) is 7.01. The molecular formula is C19H21FN4O3S. The molecule has 0 bridgehead atoms. The van der Waals surface area contributed by atoms with Crippen molar-refractivity contribution in [2.75, 3.05) is 11.0 Å². The Kier molecular flexibility index (Phi) is 5.37. The molecule has 0 radical (unpaired) electrons. The van der Waals surface area contributed by atoms with Gasteiger partial charge < -0.3 is 4.57 Å². The molecule has 2 aromatic heterocycles. The van der Waals surface area contributed by atoms with E-state index in [1.165, 1.54) is 24.4 Å². The van der Waals surface area contributed by atoms with E-state index in [9.17, 15) is 17.6 Å². The Labute approximate surface area is 162 Å². The molecule has 1 aromatic carbocycles. The minimum absolute atomic E-state index is 0.0927. The predicted octanol–water partition coefficient (Wildman–Crippen LogP) is 2.87. The average Bonchev–Trinajstić information content (AvgIpc) is 3.05. The Bertz CT molecular complexity index is 1170. The molecule has 148 valence electrons. The molecule has 0 atom stereocenters. The van der Waals surface area contributed by atoms with E-state index in [2.05, 4.69) is 9.82 Å². The van der Waals surface area contributed by atoms with Gasteiger partial charge in [0.25, 0.3) is 5.56 Å². The van der Waals surface area contributed by atoms with Gasteiger partial charge in [0.2, 0.25) is 10.0 Å². The van der Waals surface area contributed by atoms with Crippen molar-refractivity contribution in [3.8, 4) is 16.8 Å². The molecule has 9 heteroatoms. The van der Waals surface area contributed by atoms with Crippen molar-refractivity contribution in [1.82, 2.24) is 14.3 Å². The lowest BCUT2D eigenvalue weighted by Crippen LogP contribution is -2.21. The number of nitrogens with one attached hydrogen (secondary N) is 1. The van der Waals surface area contributed by atoms with Gasteiger partial charge in [-0.3, -0.25) is 9.52 Å². The zero-order chi connectivity index (χ0) is 20.5. The summed E-state index contributed by atoms with van der Waals surface area (Å²) in [5.41, 5.74) is 1.56. The highest BCUT2D eigenvalue weighted by Gasteiger charge is 2.12. The monoisotopic (exact) mass is 404 g/mol. The van der Waals surface area contributed by atoms with E-state index < -0.39 is 15.8 Å². The van der Waals surface area contributed by atoms with E-state index in [1.54, 1.807) is 27.7 Å². The molecule has 0 saturated carbocycles. The summed E-state index contributed by atoms with van der Waals surface area (Å²) in [6.45, 7) is 4.64. The van der Waals surface area contributed by atoms with Crippen molar-refractivity contribution in [3.63, 3.8) is 0 Å². The maximum atomic E-state index is 14.5. The Morgan fingerprint density at radius 3 is 2.57 bits per heavy atom. The number of benzene rings is 1. The van der Waals surface area contributed by atoms with Crippen LogP contribution in [0.25, 0.3) is 16.8 Å². The largest absolute Gasteiger partial charge is 0.313 e. The summed E-state index contributed by atoms with van der Waals surface area (Å²) in [7, 11) is -3.48. The lowest BCUT2D eigenvalue weighted by Gasteiger charge is -2.10. The molecule has 3 aromatic rings. The number of hydrogen-bond acceptors (Lipinski definition) is 4. The van der Waals surface area contributed by atoms with E-state index in [0.717, 1.165) is 12.3 Å². The first kappa shape index (κ1) is 19.8. The van der Waals surface area contributed by atoms with E-state index in [4.69, 9.17) is 0 Å². The quantitative estimate of drug-likeness (QED) is 0.685. The molecule has 0 fully saturated rings. The number of pyridine rings is 1. The zero-order valence-corrected chi connectivity index (χ0v) is 16.6. The highest BCUT2D eigenvalue weighted by molar-refractivity contribution is 7.92. The maximum absolute atomic E-state index is 14.5. The van der Waals surface area contributed by atoms with Crippen LogP contribution in [0.2, 0.25) is 0 Å². The molecule has 7 nitrogen and oxygen atoms in total. The summed E-state index contributed by atoms with van der Waals surface area (Å²) in [6.07, 6.45) is 5.89. The third kappa shape index (κ3) is 4.66. The minimum Gasteiger partial charge on any atom is -0.313 e. The Morgan fingerprint density at radius 1 is 1.18 bits per heavy atom. The summed E-state index contributed by atoms with van der Waals surface area (Å²) >= 11 is 0. The molecular weight excluding hydrogens is 383 g/mol. The Hall–Kier alpha value is -2.94. The van der Waals surface area contributed by atoms with Crippen LogP contribution < -0.4 is 10.3 Å². The van der Waals surface area contributed by atoms with Crippen LogP contribution in [0.1, 0.15) is 13.8 Å². The van der Waals surface area contributed by atoms with Crippen molar-refractivity contribution in [3.05, 3.63) is 65.1 Å². The summed E-state index contributed by atoms with van der Waals surface area (Å²) in [4.78, 5) is 12.0. The van der Waals surface area contributed by atoms with Gasteiger partial charge in [0.05, 0.1) is 23.8 Å². The van der Waals surface area contributed by atoms with E-state index in [-0.39, 0.29) is 11.2 Å². The number of halogens is 1. The van der Waals surface area contributed by atoms with Gasteiger partial charge in [-0.25, -0.2) is 17.5 Å². The van der Waals surface area contributed by atoms with Gasteiger partial charge in [-0.1, -0.05) is 13.8 Å². The molecule has 0 spiro atoms. The van der Waals surface area contributed by atoms with Crippen LogP contribution in [0.5, 0.6) is 0 Å². The van der Waals surface area contributed by atoms with E-state index in [1.807, 2.05) is 13.8 Å². The molecule has 0 aliphatic rings. The lowest BCUT2D eigenvalue weighted by atomic mass is 10.1. The molecule has 2 heterocycles. The van der Waals surface area contributed by atoms with Crippen LogP contribution in [0.15, 0.2) is 53.7 Å². The first-order chi connectivity index (χ1) is 13.1. The topological polar surface area (TPSA) is 86.0 Å². The summed E-state index contributed by atoms with van der Waals surface area (Å²) in [5.74, 6) is -0.257. The maximum Gasteiger partial charge on any atom is 0.250 e. The first-order valence-electron chi connectivity index (χ1n) is 8.65. The molecule has 0 aliphatic heterocycles. The zero-order valence-electron chi connectivity index (χ0n) is 15.8. The number of anilines is 1. The van der Waals surface area contributed by atoms with E-state index >= 15 is 0 Å². The normalized spacial score (nSPS) is 11.8. The summed E-state index contributed by atoms with van der Waals surface area (Å²) < 4.78 is 42.4. The molecule has 28 heavy (non-hydrogen) atoms. The predicted molar refractivity (Wildman–Crippen MR) is 107 cm³/mol. The van der Waals surface area contributed by atoms with Crippen molar-refractivity contribution in [2.24, 2.45) is 5.92 Å². The summed E-state index contributed by atoms with van der Waals surface area (Å²) in [5, 5.41) is 4.26. The third-order valence-electron chi connectivity index (χ3n) is 3.96. The van der Waals surface area contributed by atoms with Crippen molar-refractivity contribution >= 4 is 15.7 Å². The van der Waals surface area contributed by atoms with Crippen molar-refractivity contribution < 1.29 is 12.8 Å². The Balaban J connectivity index is 1.92. The van der Waals surface area contributed by atoms with Gasteiger partial charge in [0.15, 0.2) is 0 Å². The van der Waals surface area contributed by atoms with Crippen LogP contribution in [-0.4, -0.2) is 29.0 Å². The van der Waals surface area contributed by atoms with Gasteiger partial charge >= 0.3 is 0 Å². The highest BCUT2D eigenvalue weighted by atomic mass is 32.2. The number of rotatable bonds is 6. The number of hydrogen-bond donors (Lipinski definition) is 1. The fourth-order valence-electron chi connectivity index (χ4n) is 2.82. The fraction of sp³-hybridized carbons (Fsp3) is 0.263. The van der Waals surface area contributed by atoms with Gasteiger partial charge in [-0.2, -0.15) is 5.10 Å². The number of aromatic nitrogens is 3. The van der Waals surface area contributed by atoms with Gasteiger partial charge in [0.1, 0.15) is 5.82 Å². The van der Waals surface area contributed by atoms with E-state index in [0.29, 0.717) is 29.3 Å². The number of nitrogens with zero attached hydrogens (tertiary/aromatic N) is 3. The molecule has 0 amide bonds. The molecule has 0 unspecified atom stereocenters. The van der Waals surface area contributed by atoms with Crippen LogP contribution in [0.3, 0.4) is 0 Å². The second-order valence-corrected chi connectivity index (χ2v) is 8.76. The Morgan fingerprint density at radius 2 is 1.93 bits per heavy atom. The van der Waals surface area contributed by atoms with Crippen LogP contribution in [-0.2, 0) is 16.6 Å². The molecule has 1 N–H and O–H groups in total. The van der Waals surface area contributed by atoms with Crippen LogP contribution >= 0.6 is 0 Å². The summed E-state index contributed by atoms with van der Waals surface area (Å²) in [6, 6.07) is 7.23. The second kappa shape index (κ2) is 7.59. The molecule has 0 saturated heterocycles. The third-order valence-corrected chi connectivity index (χ3v) is 4.57. The van der Waals surface area contributed by atoms with Gasteiger partial charge in [0, 0.05) is 36.1 Å². The molecule has 3 rings (SSSR count). The molecule has 0 aliphatic carbocycles. The van der Waals surface area contributed by atoms with Crippen molar-refractivity contribution in [1.29, 1.82) is 0 Å². The lowest BCUT2D eigenvalue weighted by molar-refractivity contribution is 0.509. The van der Waals surface area contributed by atoms with Gasteiger partial charge in [-0.15, -0.1) is 0 Å². The van der Waals surface area contributed by atoms with Crippen LogP contribution in [0.4, 0.5) is 10.1 Å².